The van der Waals surface area contributed by atoms with Gasteiger partial charge in [-0.25, -0.2) is 0 Å². The van der Waals surface area contributed by atoms with E-state index in [-0.39, 0.29) is 0 Å². The van der Waals surface area contributed by atoms with Crippen LogP contribution in [0.15, 0.2) is 0 Å². The van der Waals surface area contributed by atoms with Crippen LogP contribution in [0.5, 0.6) is 0 Å². The smallest absolute Gasteiger partial charge is 0.0191 e. The van der Waals surface area contributed by atoms with Gasteiger partial charge in [0.1, 0.15) is 0 Å². The summed E-state index contributed by atoms with van der Waals surface area (Å²) in [6.45, 7) is 14.9. The average Bonchev–Trinajstić information content (AvgIpc) is 2.56. The van der Waals surface area contributed by atoms with Crippen LogP contribution in [0.1, 0.15) is 119 Å². The van der Waals surface area contributed by atoms with E-state index in [1.165, 1.54) is 77.0 Å². The monoisotopic (exact) mass is 366 g/mol. The van der Waals surface area contributed by atoms with E-state index in [0.717, 1.165) is 23.7 Å². The molecule has 2 saturated carbocycles. The van der Waals surface area contributed by atoms with E-state index in [1.807, 2.05) is 0 Å². The van der Waals surface area contributed by atoms with Gasteiger partial charge < -0.3 is 0 Å². The Morgan fingerprint density at radius 3 is 1.44 bits per heavy atom. The summed E-state index contributed by atoms with van der Waals surface area (Å²) in [5, 5.41) is 0. The van der Waals surface area contributed by atoms with Crippen LogP contribution in [0.3, 0.4) is 0 Å². The maximum absolute atomic E-state index is 2.59. The van der Waals surface area contributed by atoms with Crippen LogP contribution < -0.4 is 0 Å². The minimum atomic E-state index is 0.575. The fourth-order valence-corrected chi connectivity index (χ4v) is 7.77. The summed E-state index contributed by atoms with van der Waals surface area (Å²) in [6.07, 6.45) is 17.6. The molecule has 0 aromatic heterocycles. The van der Waals surface area contributed by atoms with Gasteiger partial charge in [-0.2, -0.15) is 0 Å². The molecule has 2 fully saturated rings. The molecule has 148 valence electrons. The molecule has 2 aliphatic carbocycles. The fourth-order valence-electron chi connectivity index (χ4n) is 5.39. The first-order chi connectivity index (χ1) is 11.8. The Bertz CT molecular complexity index is 352. The van der Waals surface area contributed by atoms with E-state index < -0.39 is 0 Å². The summed E-state index contributed by atoms with van der Waals surface area (Å²) in [4.78, 5) is 0. The van der Waals surface area contributed by atoms with Crippen molar-refractivity contribution in [2.24, 2.45) is 23.7 Å². The van der Waals surface area contributed by atoms with E-state index in [1.54, 1.807) is 0 Å². The van der Waals surface area contributed by atoms with Crippen molar-refractivity contribution in [1.82, 2.24) is 0 Å². The van der Waals surface area contributed by atoms with Crippen molar-refractivity contribution in [3.05, 3.63) is 0 Å². The Kier molecular flexibility index (Phi) is 8.24. The first-order valence-electron chi connectivity index (χ1n) is 11.5. The molecule has 1 heteroatoms. The Hall–Kier alpha value is 0.350. The zero-order valence-electron chi connectivity index (χ0n) is 18.2. The third-order valence-electron chi connectivity index (χ3n) is 7.47. The lowest BCUT2D eigenvalue weighted by Crippen LogP contribution is -2.46. The fraction of sp³-hybridized carbons (Fsp3) is 1.00. The molecule has 0 amide bonds. The van der Waals surface area contributed by atoms with Gasteiger partial charge in [-0.15, -0.1) is 11.8 Å². The van der Waals surface area contributed by atoms with Crippen LogP contribution in [0, 0.1) is 23.7 Å². The molecule has 0 saturated heterocycles. The summed E-state index contributed by atoms with van der Waals surface area (Å²) < 4.78 is 1.15. The predicted molar refractivity (Wildman–Crippen MR) is 116 cm³/mol. The minimum Gasteiger partial charge on any atom is -0.148 e. The van der Waals surface area contributed by atoms with Gasteiger partial charge in [0, 0.05) is 9.49 Å². The summed E-state index contributed by atoms with van der Waals surface area (Å²) in [6, 6.07) is 0. The van der Waals surface area contributed by atoms with Gasteiger partial charge >= 0.3 is 0 Å². The topological polar surface area (TPSA) is 0 Å². The molecule has 0 N–H and O–H groups in total. The molecule has 0 aromatic rings. The van der Waals surface area contributed by atoms with E-state index in [9.17, 15) is 0 Å². The zero-order chi connectivity index (χ0) is 18.5. The van der Waals surface area contributed by atoms with Crippen molar-refractivity contribution in [2.75, 3.05) is 0 Å². The van der Waals surface area contributed by atoms with Gasteiger partial charge in [0.2, 0.25) is 0 Å². The van der Waals surface area contributed by atoms with Crippen LogP contribution in [-0.2, 0) is 0 Å². The molecule has 0 nitrogen and oxygen atoms in total. The second kappa shape index (κ2) is 9.52. The zero-order valence-corrected chi connectivity index (χ0v) is 19.0. The molecule has 0 aromatic carbocycles. The molecule has 4 atom stereocenters. The van der Waals surface area contributed by atoms with Crippen molar-refractivity contribution in [3.8, 4) is 0 Å². The molecule has 2 aliphatic rings. The summed E-state index contributed by atoms with van der Waals surface area (Å²) in [7, 11) is 0. The average molecular weight is 367 g/mol. The van der Waals surface area contributed by atoms with Crippen molar-refractivity contribution >= 4 is 11.8 Å². The quantitative estimate of drug-likeness (QED) is 0.415. The van der Waals surface area contributed by atoms with Crippen LogP contribution in [0.2, 0.25) is 0 Å². The minimum absolute atomic E-state index is 0.575. The van der Waals surface area contributed by atoms with Gasteiger partial charge in [-0.3, -0.25) is 0 Å². The van der Waals surface area contributed by atoms with Gasteiger partial charge in [-0.05, 0) is 75.0 Å². The van der Waals surface area contributed by atoms with Crippen LogP contribution in [0.4, 0.5) is 0 Å². The summed E-state index contributed by atoms with van der Waals surface area (Å²) >= 11 is 2.54. The molecule has 0 heterocycles. The van der Waals surface area contributed by atoms with Crippen molar-refractivity contribution < 1.29 is 0 Å². The normalized spacial score (nSPS) is 37.0. The SMILES string of the molecule is CC(C)CCC1(SC2(CCC(C)C)CCCCC2C)CCCCC1C. The van der Waals surface area contributed by atoms with E-state index >= 15 is 0 Å². The Morgan fingerprint density at radius 2 is 1.12 bits per heavy atom. The summed E-state index contributed by atoms with van der Waals surface area (Å²) in [5.41, 5.74) is 0. The predicted octanol–water partition coefficient (Wildman–Crippen LogP) is 8.49. The van der Waals surface area contributed by atoms with Crippen molar-refractivity contribution in [2.45, 2.75) is 128 Å². The molecule has 2 rings (SSSR count). The molecular weight excluding hydrogens is 320 g/mol. The maximum Gasteiger partial charge on any atom is 0.0191 e. The standard InChI is InChI=1S/C24H46S/c1-19(2)13-17-23(15-9-7-11-21(23)5)25-24(18-14-20(3)4)16-10-8-12-22(24)6/h19-22H,7-18H2,1-6H3. The molecule has 25 heavy (non-hydrogen) atoms. The highest BCUT2D eigenvalue weighted by molar-refractivity contribution is 8.02. The highest BCUT2D eigenvalue weighted by Crippen LogP contribution is 2.58. The van der Waals surface area contributed by atoms with E-state index in [0.29, 0.717) is 9.49 Å². The first-order valence-corrected chi connectivity index (χ1v) is 12.3. The lowest BCUT2D eigenvalue weighted by molar-refractivity contribution is 0.236. The maximum atomic E-state index is 2.59. The molecular formula is C24H46S. The largest absolute Gasteiger partial charge is 0.148 e. The van der Waals surface area contributed by atoms with Gasteiger partial charge in [0.15, 0.2) is 0 Å². The molecule has 0 spiro atoms. The Balaban J connectivity index is 2.23. The highest BCUT2D eigenvalue weighted by atomic mass is 32.2. The molecule has 0 radical (unpaired) electrons. The van der Waals surface area contributed by atoms with Gasteiger partial charge in [-0.1, -0.05) is 67.2 Å². The lowest BCUT2D eigenvalue weighted by Gasteiger charge is -2.53. The van der Waals surface area contributed by atoms with Crippen LogP contribution >= 0.6 is 11.8 Å². The second-order valence-electron chi connectivity index (χ2n) is 10.4. The number of hydrogen-bond donors (Lipinski definition) is 0. The number of thioether (sulfide) groups is 1. The number of hydrogen-bond acceptors (Lipinski definition) is 1. The third kappa shape index (κ3) is 5.66. The van der Waals surface area contributed by atoms with E-state index in [2.05, 4.69) is 53.3 Å². The second-order valence-corrected chi connectivity index (χ2v) is 12.2. The van der Waals surface area contributed by atoms with E-state index in [4.69, 9.17) is 0 Å². The first kappa shape index (κ1) is 21.6. The van der Waals surface area contributed by atoms with Gasteiger partial charge in [0.25, 0.3) is 0 Å². The lowest BCUT2D eigenvalue weighted by atomic mass is 9.75. The van der Waals surface area contributed by atoms with Crippen LogP contribution in [-0.4, -0.2) is 9.49 Å². The number of rotatable bonds is 8. The molecule has 4 unspecified atom stereocenters. The molecule has 0 bridgehead atoms. The van der Waals surface area contributed by atoms with Crippen molar-refractivity contribution in [1.29, 1.82) is 0 Å². The third-order valence-corrected chi connectivity index (χ3v) is 9.90. The van der Waals surface area contributed by atoms with Crippen LogP contribution in [0.25, 0.3) is 0 Å². The molecule has 0 aliphatic heterocycles. The van der Waals surface area contributed by atoms with Gasteiger partial charge in [0.05, 0.1) is 0 Å². The van der Waals surface area contributed by atoms with Crippen molar-refractivity contribution in [3.63, 3.8) is 0 Å². The Morgan fingerprint density at radius 1 is 0.720 bits per heavy atom. The Labute approximate surface area is 163 Å². The highest BCUT2D eigenvalue weighted by Gasteiger charge is 2.48. The summed E-state index contributed by atoms with van der Waals surface area (Å²) in [5.74, 6) is 3.52.